The van der Waals surface area contributed by atoms with Crippen molar-refractivity contribution in [3.63, 3.8) is 0 Å². The van der Waals surface area contributed by atoms with Crippen molar-refractivity contribution in [3.8, 4) is 44.5 Å². The Morgan fingerprint density at radius 1 is 0.306 bits per heavy atom. The molecule has 0 atom stereocenters. The van der Waals surface area contributed by atoms with Crippen LogP contribution in [0.5, 0.6) is 0 Å². The second kappa shape index (κ2) is 10.5. The monoisotopic (exact) mass is 622 g/mol. The lowest BCUT2D eigenvalue weighted by molar-refractivity contribution is 0.661. The number of hydrogen-bond acceptors (Lipinski definition) is 0. The van der Waals surface area contributed by atoms with Gasteiger partial charge in [0, 0.05) is 5.41 Å². The van der Waals surface area contributed by atoms with Gasteiger partial charge in [-0.1, -0.05) is 166 Å². The highest BCUT2D eigenvalue weighted by Gasteiger charge is 2.35. The van der Waals surface area contributed by atoms with E-state index in [-0.39, 0.29) is 5.41 Å². The fourth-order valence-electron chi connectivity index (χ4n) is 8.62. The molecular weight excluding hydrogens is 589 g/mol. The molecule has 0 radical (unpaired) electrons. The van der Waals surface area contributed by atoms with Crippen LogP contribution in [0.15, 0.2) is 170 Å². The second-order valence-corrected chi connectivity index (χ2v) is 14.1. The molecule has 0 nitrogen and oxygen atoms in total. The Kier molecular flexibility index (Phi) is 6.02. The molecule has 0 fully saturated rings. The van der Waals surface area contributed by atoms with Crippen molar-refractivity contribution in [2.45, 2.75) is 19.3 Å². The first-order valence-electron chi connectivity index (χ1n) is 17.3. The van der Waals surface area contributed by atoms with Gasteiger partial charge in [0.2, 0.25) is 0 Å². The van der Waals surface area contributed by atoms with Gasteiger partial charge in [-0.3, -0.25) is 0 Å². The van der Waals surface area contributed by atoms with Gasteiger partial charge in [0.05, 0.1) is 0 Å². The van der Waals surface area contributed by atoms with E-state index in [1.165, 1.54) is 98.7 Å². The van der Waals surface area contributed by atoms with Crippen molar-refractivity contribution in [2.24, 2.45) is 0 Å². The van der Waals surface area contributed by atoms with E-state index in [9.17, 15) is 0 Å². The summed E-state index contributed by atoms with van der Waals surface area (Å²) in [6, 6.07) is 63.1. The van der Waals surface area contributed by atoms with Gasteiger partial charge in [-0.15, -0.1) is 0 Å². The fraction of sp³-hybridized carbons (Fsp3) is 0.0612. The van der Waals surface area contributed by atoms with Crippen LogP contribution in [0.25, 0.3) is 87.6 Å². The molecule has 230 valence electrons. The van der Waals surface area contributed by atoms with Crippen molar-refractivity contribution in [2.75, 3.05) is 0 Å². The summed E-state index contributed by atoms with van der Waals surface area (Å²) in [5.41, 5.74) is 13.1. The molecule has 0 N–H and O–H groups in total. The summed E-state index contributed by atoms with van der Waals surface area (Å²) in [6.07, 6.45) is 0. The molecule has 0 unspecified atom stereocenters. The van der Waals surface area contributed by atoms with Crippen molar-refractivity contribution in [1.82, 2.24) is 0 Å². The zero-order valence-corrected chi connectivity index (χ0v) is 27.7. The summed E-state index contributed by atoms with van der Waals surface area (Å²) < 4.78 is 0. The standard InChI is InChI=1S/C49H34/c1-49(2)45-27-26-36(29-43(45)44-28-34-13-3-4-14-35(34)30-46(44)49)31-22-24-33(25-23-31)47-39-17-7-9-19-41(39)48(42-20-10-8-18-40(42)47)38-21-11-15-32-12-5-6-16-37(32)38/h3-30H,1-2H3. The molecule has 1 aliphatic rings. The third-order valence-corrected chi connectivity index (χ3v) is 11.0. The van der Waals surface area contributed by atoms with Crippen LogP contribution in [-0.2, 0) is 5.41 Å². The van der Waals surface area contributed by atoms with Crippen LogP contribution in [-0.4, -0.2) is 0 Å². The normalized spacial score (nSPS) is 13.3. The predicted molar refractivity (Wildman–Crippen MR) is 210 cm³/mol. The summed E-state index contributed by atoms with van der Waals surface area (Å²) >= 11 is 0. The first-order valence-corrected chi connectivity index (χ1v) is 17.3. The zero-order chi connectivity index (χ0) is 32.7. The van der Waals surface area contributed by atoms with Crippen LogP contribution in [0.2, 0.25) is 0 Å². The summed E-state index contributed by atoms with van der Waals surface area (Å²) in [5, 5.41) is 10.3. The molecule has 0 heterocycles. The molecule has 9 aromatic rings. The lowest BCUT2D eigenvalue weighted by Crippen LogP contribution is -2.14. The van der Waals surface area contributed by atoms with Crippen LogP contribution < -0.4 is 0 Å². The van der Waals surface area contributed by atoms with E-state index in [1.807, 2.05) is 0 Å². The highest BCUT2D eigenvalue weighted by atomic mass is 14.4. The van der Waals surface area contributed by atoms with Gasteiger partial charge in [-0.05, 0) is 117 Å². The number of hydrogen-bond donors (Lipinski definition) is 0. The van der Waals surface area contributed by atoms with Crippen LogP contribution in [0.1, 0.15) is 25.0 Å². The number of rotatable bonds is 3. The minimum Gasteiger partial charge on any atom is -0.0616 e. The topological polar surface area (TPSA) is 0 Å². The molecule has 1 aliphatic carbocycles. The SMILES string of the molecule is CC1(C)c2ccc(-c3ccc(-c4c5ccccc5c(-c5cccc6ccccc56)c5ccccc45)cc3)cc2-c2cc3ccccc3cc21. The Labute approximate surface area is 286 Å². The maximum absolute atomic E-state index is 2.41. The summed E-state index contributed by atoms with van der Waals surface area (Å²) in [6.45, 7) is 4.72. The van der Waals surface area contributed by atoms with Gasteiger partial charge in [-0.2, -0.15) is 0 Å². The summed E-state index contributed by atoms with van der Waals surface area (Å²) in [4.78, 5) is 0. The van der Waals surface area contributed by atoms with Gasteiger partial charge in [0.1, 0.15) is 0 Å². The van der Waals surface area contributed by atoms with Gasteiger partial charge < -0.3 is 0 Å². The van der Waals surface area contributed by atoms with E-state index in [0.29, 0.717) is 0 Å². The Balaban J connectivity index is 1.13. The predicted octanol–water partition coefficient (Wildman–Crippen LogP) is 13.6. The van der Waals surface area contributed by atoms with Crippen LogP contribution >= 0.6 is 0 Å². The van der Waals surface area contributed by atoms with Crippen molar-refractivity contribution < 1.29 is 0 Å². The molecule has 0 saturated heterocycles. The van der Waals surface area contributed by atoms with E-state index in [4.69, 9.17) is 0 Å². The molecule has 10 rings (SSSR count). The van der Waals surface area contributed by atoms with Crippen molar-refractivity contribution >= 4 is 43.1 Å². The highest BCUT2D eigenvalue weighted by Crippen LogP contribution is 2.51. The smallest absolute Gasteiger partial charge is 0.0159 e. The lowest BCUT2D eigenvalue weighted by Gasteiger charge is -2.22. The lowest BCUT2D eigenvalue weighted by atomic mass is 9.81. The molecule has 0 saturated carbocycles. The highest BCUT2D eigenvalue weighted by molar-refractivity contribution is 6.23. The molecule has 0 amide bonds. The van der Waals surface area contributed by atoms with Gasteiger partial charge in [-0.25, -0.2) is 0 Å². The zero-order valence-electron chi connectivity index (χ0n) is 27.7. The van der Waals surface area contributed by atoms with Gasteiger partial charge in [0.15, 0.2) is 0 Å². The quantitative estimate of drug-likeness (QED) is 0.172. The second-order valence-electron chi connectivity index (χ2n) is 14.1. The maximum Gasteiger partial charge on any atom is 0.0159 e. The molecular formula is C49H34. The van der Waals surface area contributed by atoms with Crippen LogP contribution in [0.3, 0.4) is 0 Å². The van der Waals surface area contributed by atoms with E-state index in [0.717, 1.165) is 0 Å². The van der Waals surface area contributed by atoms with Crippen molar-refractivity contribution in [1.29, 1.82) is 0 Å². The molecule has 0 heteroatoms. The van der Waals surface area contributed by atoms with Crippen LogP contribution in [0, 0.1) is 0 Å². The Hall–Kier alpha value is -5.98. The minimum absolute atomic E-state index is 0.0304. The molecule has 0 aromatic heterocycles. The largest absolute Gasteiger partial charge is 0.0616 e. The van der Waals surface area contributed by atoms with E-state index >= 15 is 0 Å². The van der Waals surface area contributed by atoms with E-state index in [2.05, 4.69) is 184 Å². The average Bonchev–Trinajstić information content (AvgIpc) is 3.37. The van der Waals surface area contributed by atoms with Crippen LogP contribution in [0.4, 0.5) is 0 Å². The molecule has 0 aliphatic heterocycles. The Morgan fingerprint density at radius 2 is 0.796 bits per heavy atom. The van der Waals surface area contributed by atoms with Gasteiger partial charge >= 0.3 is 0 Å². The number of fused-ring (bicyclic) bond motifs is 7. The Morgan fingerprint density at radius 3 is 1.47 bits per heavy atom. The molecule has 0 bridgehead atoms. The minimum atomic E-state index is -0.0304. The third-order valence-electron chi connectivity index (χ3n) is 11.0. The first-order chi connectivity index (χ1) is 24.1. The summed E-state index contributed by atoms with van der Waals surface area (Å²) in [7, 11) is 0. The number of benzene rings is 9. The fourth-order valence-corrected chi connectivity index (χ4v) is 8.62. The molecule has 9 aromatic carbocycles. The maximum atomic E-state index is 2.41. The Bertz CT molecular complexity index is 2720. The summed E-state index contributed by atoms with van der Waals surface area (Å²) in [5.74, 6) is 0. The molecule has 49 heavy (non-hydrogen) atoms. The van der Waals surface area contributed by atoms with E-state index in [1.54, 1.807) is 0 Å². The molecule has 0 spiro atoms. The van der Waals surface area contributed by atoms with E-state index < -0.39 is 0 Å². The third kappa shape index (κ3) is 4.17. The first kappa shape index (κ1) is 28.1. The van der Waals surface area contributed by atoms with Crippen molar-refractivity contribution in [3.05, 3.63) is 181 Å². The van der Waals surface area contributed by atoms with Gasteiger partial charge in [0.25, 0.3) is 0 Å². The average molecular weight is 623 g/mol.